The molecule has 0 unspecified atom stereocenters. The second-order valence-electron chi connectivity index (χ2n) is 4.91. The summed E-state index contributed by atoms with van der Waals surface area (Å²) in [6, 6.07) is 0. The van der Waals surface area contributed by atoms with E-state index in [4.69, 9.17) is 0 Å². The predicted octanol–water partition coefficient (Wildman–Crippen LogP) is 3.16. The average Bonchev–Trinajstić information content (AvgIpc) is 1.85. The number of rotatable bonds is 6. The summed E-state index contributed by atoms with van der Waals surface area (Å²) >= 11 is 0. The minimum Gasteiger partial charge on any atom is -0.0654 e. The molecule has 0 aromatic heterocycles. The molecule has 12 heavy (non-hydrogen) atoms. The molecule has 74 valence electrons. The first kappa shape index (κ1) is 12.2. The van der Waals surface area contributed by atoms with Crippen LogP contribution in [-0.4, -0.2) is 10.2 Å². The van der Waals surface area contributed by atoms with Gasteiger partial charge in [-0.25, -0.2) is 0 Å². The summed E-state index contributed by atoms with van der Waals surface area (Å²) in [4.78, 5) is 0. The van der Waals surface area contributed by atoms with Crippen LogP contribution >= 0.6 is 0 Å². The second-order valence-corrected chi connectivity index (χ2v) is 7.03. The van der Waals surface area contributed by atoms with E-state index in [0.29, 0.717) is 0 Å². The minimum absolute atomic E-state index is 0.762. The fourth-order valence-electron chi connectivity index (χ4n) is 2.52. The Bertz CT molecular complexity index is 102. The van der Waals surface area contributed by atoms with E-state index in [0.717, 1.165) is 11.0 Å². The van der Waals surface area contributed by atoms with Gasteiger partial charge in [0.15, 0.2) is 0 Å². The Labute approximate surface area is 81.6 Å². The molecule has 0 heterocycles. The topological polar surface area (TPSA) is 0 Å². The van der Waals surface area contributed by atoms with Gasteiger partial charge in [-0.05, 0) is 17.4 Å². The molecule has 0 nitrogen and oxygen atoms in total. The highest BCUT2D eigenvalue weighted by molar-refractivity contribution is 6.15. The van der Waals surface area contributed by atoms with Crippen molar-refractivity contribution in [3.05, 3.63) is 0 Å². The number of hydrogen-bond donors (Lipinski definition) is 0. The highest BCUT2D eigenvalue weighted by atomic mass is 28.1. The molecular formula is C11H26Si. The van der Waals surface area contributed by atoms with E-state index in [1.54, 1.807) is 0 Å². The molecule has 0 atom stereocenters. The van der Waals surface area contributed by atoms with Crippen LogP contribution in [0.4, 0.5) is 0 Å². The molecule has 0 saturated heterocycles. The largest absolute Gasteiger partial charge is 0.0654 e. The molecule has 0 aliphatic heterocycles. The van der Waals surface area contributed by atoms with Gasteiger partial charge in [0.25, 0.3) is 0 Å². The Morgan fingerprint density at radius 1 is 1.08 bits per heavy atom. The zero-order valence-corrected chi connectivity index (χ0v) is 11.6. The van der Waals surface area contributed by atoms with Crippen molar-refractivity contribution in [2.24, 2.45) is 5.92 Å². The fourth-order valence-corrected chi connectivity index (χ4v) is 4.34. The first-order valence-electron chi connectivity index (χ1n) is 5.54. The molecule has 1 heteroatoms. The highest BCUT2D eigenvalue weighted by Crippen LogP contribution is 2.40. The summed E-state index contributed by atoms with van der Waals surface area (Å²) in [6.07, 6.45) is 7.13. The first-order chi connectivity index (χ1) is 5.54. The van der Waals surface area contributed by atoms with Gasteiger partial charge in [-0.2, -0.15) is 0 Å². The third kappa shape index (κ3) is 4.97. The smallest absolute Gasteiger partial charge is 0.0107 e. The van der Waals surface area contributed by atoms with Crippen molar-refractivity contribution in [1.82, 2.24) is 0 Å². The van der Waals surface area contributed by atoms with Gasteiger partial charge >= 0.3 is 0 Å². The molecule has 0 aromatic rings. The molecule has 0 aliphatic rings. The van der Waals surface area contributed by atoms with Gasteiger partial charge in [-0.1, -0.05) is 53.4 Å². The molecule has 0 rings (SSSR count). The maximum atomic E-state index is 2.36. The zero-order valence-electron chi connectivity index (χ0n) is 9.61. The van der Waals surface area contributed by atoms with Crippen molar-refractivity contribution in [3.63, 3.8) is 0 Å². The maximum absolute atomic E-state index is 2.36. The second kappa shape index (κ2) is 5.79. The van der Waals surface area contributed by atoms with Crippen molar-refractivity contribution < 1.29 is 0 Å². The van der Waals surface area contributed by atoms with Gasteiger partial charge < -0.3 is 0 Å². The molecule has 0 saturated carbocycles. The lowest BCUT2D eigenvalue weighted by Crippen LogP contribution is -2.15. The number of hydrogen-bond acceptors (Lipinski definition) is 0. The van der Waals surface area contributed by atoms with E-state index in [1.165, 1.54) is 42.3 Å². The van der Waals surface area contributed by atoms with Crippen molar-refractivity contribution in [2.45, 2.75) is 64.8 Å². The first-order valence-corrected chi connectivity index (χ1v) is 6.54. The Hall–Kier alpha value is 0.217. The monoisotopic (exact) mass is 186 g/mol. The molecule has 0 N–H and O–H groups in total. The molecule has 0 bridgehead atoms. The van der Waals surface area contributed by atoms with Crippen LogP contribution in [0.1, 0.15) is 59.8 Å². The fraction of sp³-hybridized carbons (Fsp3) is 1.00. The summed E-state index contributed by atoms with van der Waals surface area (Å²) in [7, 11) is 1.39. The Morgan fingerprint density at radius 2 is 1.50 bits per heavy atom. The van der Waals surface area contributed by atoms with Gasteiger partial charge in [-0.15, -0.1) is 0 Å². The standard InChI is InChI=1S/C11H26Si/c1-5-7-11(12,8-6-2)9-10(3)4/h10H,5-9H2,1-4,12H3. The van der Waals surface area contributed by atoms with Gasteiger partial charge in [0, 0.05) is 10.2 Å². The van der Waals surface area contributed by atoms with Gasteiger partial charge in [0.05, 0.1) is 0 Å². The summed E-state index contributed by atoms with van der Waals surface area (Å²) in [5, 5.41) is 0.762. The van der Waals surface area contributed by atoms with E-state index < -0.39 is 0 Å². The van der Waals surface area contributed by atoms with E-state index in [1.807, 2.05) is 0 Å². The molecule has 0 fully saturated rings. The average molecular weight is 186 g/mol. The predicted molar refractivity (Wildman–Crippen MR) is 61.9 cm³/mol. The lowest BCUT2D eigenvalue weighted by molar-refractivity contribution is 0.379. The lowest BCUT2D eigenvalue weighted by atomic mass is 9.88. The van der Waals surface area contributed by atoms with E-state index in [-0.39, 0.29) is 0 Å². The van der Waals surface area contributed by atoms with Crippen LogP contribution in [0.2, 0.25) is 5.04 Å². The van der Waals surface area contributed by atoms with E-state index in [2.05, 4.69) is 27.7 Å². The van der Waals surface area contributed by atoms with Crippen LogP contribution in [0.15, 0.2) is 0 Å². The zero-order chi connectivity index (χ0) is 9.61. The third-order valence-corrected chi connectivity index (χ3v) is 4.02. The van der Waals surface area contributed by atoms with Crippen LogP contribution in [0, 0.1) is 5.92 Å². The summed E-state index contributed by atoms with van der Waals surface area (Å²) in [6.45, 7) is 9.36. The van der Waals surface area contributed by atoms with Crippen LogP contribution < -0.4 is 0 Å². The van der Waals surface area contributed by atoms with E-state index in [9.17, 15) is 0 Å². The van der Waals surface area contributed by atoms with Crippen molar-refractivity contribution in [3.8, 4) is 0 Å². The van der Waals surface area contributed by atoms with E-state index >= 15 is 0 Å². The van der Waals surface area contributed by atoms with Crippen LogP contribution in [0.5, 0.6) is 0 Å². The lowest BCUT2D eigenvalue weighted by Gasteiger charge is -2.30. The van der Waals surface area contributed by atoms with Crippen LogP contribution in [0.25, 0.3) is 0 Å². The SMILES string of the molecule is CCCC([SiH3])(CCC)CC(C)C. The summed E-state index contributed by atoms with van der Waals surface area (Å²) in [5.74, 6) is 0.889. The third-order valence-electron chi connectivity index (χ3n) is 2.61. The van der Waals surface area contributed by atoms with Crippen molar-refractivity contribution in [2.75, 3.05) is 0 Å². The maximum Gasteiger partial charge on any atom is 0.0107 e. The normalized spacial score (nSPS) is 12.8. The van der Waals surface area contributed by atoms with Crippen molar-refractivity contribution in [1.29, 1.82) is 0 Å². The molecule has 0 spiro atoms. The quantitative estimate of drug-likeness (QED) is 0.559. The Morgan fingerprint density at radius 3 is 1.75 bits per heavy atom. The Balaban J connectivity index is 3.98. The molecule has 0 radical (unpaired) electrons. The van der Waals surface area contributed by atoms with Crippen LogP contribution in [0.3, 0.4) is 0 Å². The van der Waals surface area contributed by atoms with Gasteiger partial charge in [0.2, 0.25) is 0 Å². The molecule has 0 aliphatic carbocycles. The van der Waals surface area contributed by atoms with Crippen molar-refractivity contribution >= 4 is 10.2 Å². The van der Waals surface area contributed by atoms with Gasteiger partial charge in [0.1, 0.15) is 0 Å². The molecule has 0 aromatic carbocycles. The summed E-state index contributed by atoms with van der Waals surface area (Å²) < 4.78 is 0. The summed E-state index contributed by atoms with van der Waals surface area (Å²) in [5.41, 5.74) is 0. The highest BCUT2D eigenvalue weighted by Gasteiger charge is 2.22. The minimum atomic E-state index is 0.762. The van der Waals surface area contributed by atoms with Crippen LogP contribution in [-0.2, 0) is 0 Å². The molecular weight excluding hydrogens is 160 g/mol. The van der Waals surface area contributed by atoms with Gasteiger partial charge in [-0.3, -0.25) is 0 Å². The Kier molecular flexibility index (Phi) is 5.90. The molecule has 0 amide bonds.